The molecule has 0 saturated heterocycles. The molecule has 1 rings (SSSR count). The molecule has 1 aromatic rings. The van der Waals surface area contributed by atoms with Crippen LogP contribution < -0.4 is 5.32 Å². The number of nitrogens with one attached hydrogen (secondary N) is 1. The van der Waals surface area contributed by atoms with Crippen LogP contribution in [-0.4, -0.2) is 34.6 Å². The lowest BCUT2D eigenvalue weighted by molar-refractivity contribution is -0.137. The van der Waals surface area contributed by atoms with Crippen molar-refractivity contribution in [2.75, 3.05) is 11.9 Å². The fourth-order valence-corrected chi connectivity index (χ4v) is 2.10. The first-order chi connectivity index (χ1) is 9.76. The highest BCUT2D eigenvalue weighted by Crippen LogP contribution is 2.26. The topological polar surface area (TPSA) is 69.6 Å². The molecule has 2 N–H and O–H groups in total. The van der Waals surface area contributed by atoms with Crippen molar-refractivity contribution in [3.8, 4) is 0 Å². The van der Waals surface area contributed by atoms with Crippen LogP contribution in [0.3, 0.4) is 0 Å². The number of carbonyl (C=O) groups is 2. The first kappa shape index (κ1) is 17.2. The van der Waals surface area contributed by atoms with Crippen molar-refractivity contribution >= 4 is 29.3 Å². The second kappa shape index (κ2) is 7.21. The Kier molecular flexibility index (Phi) is 5.90. The summed E-state index contributed by atoms with van der Waals surface area (Å²) in [5.74, 6) is -2.92. The second-order valence-electron chi connectivity index (χ2n) is 4.41. The predicted octanol–water partition coefficient (Wildman–Crippen LogP) is 3.34. The van der Waals surface area contributed by atoms with Crippen LogP contribution in [-0.2, 0) is 4.79 Å². The van der Waals surface area contributed by atoms with Crippen molar-refractivity contribution in [3.05, 3.63) is 28.8 Å². The first-order valence-electron chi connectivity index (χ1n) is 6.20. The summed E-state index contributed by atoms with van der Waals surface area (Å²) in [6.07, 6.45) is -0.249. The molecule has 0 aliphatic heterocycles. The Morgan fingerprint density at radius 1 is 1.43 bits per heavy atom. The molecule has 8 heteroatoms. The summed E-state index contributed by atoms with van der Waals surface area (Å²) in [7, 11) is 0. The van der Waals surface area contributed by atoms with E-state index in [1.807, 2.05) is 0 Å². The van der Waals surface area contributed by atoms with Gasteiger partial charge in [0.25, 0.3) is 0 Å². The Hall–Kier alpha value is -1.89. The Morgan fingerprint density at radius 2 is 2.05 bits per heavy atom. The third-order valence-corrected chi connectivity index (χ3v) is 3.14. The quantitative estimate of drug-likeness (QED) is 0.874. The minimum absolute atomic E-state index is 0.223. The molecule has 1 unspecified atom stereocenters. The maximum Gasteiger partial charge on any atom is 0.322 e. The van der Waals surface area contributed by atoms with Crippen LogP contribution >= 0.6 is 11.6 Å². The van der Waals surface area contributed by atoms with Gasteiger partial charge in [0.2, 0.25) is 0 Å². The van der Waals surface area contributed by atoms with Gasteiger partial charge >= 0.3 is 12.0 Å². The summed E-state index contributed by atoms with van der Waals surface area (Å²) in [5, 5.41) is 10.7. The zero-order valence-corrected chi connectivity index (χ0v) is 12.2. The fraction of sp³-hybridized carbons (Fsp3) is 0.385. The lowest BCUT2D eigenvalue weighted by atomic mass is 10.2. The average molecular weight is 321 g/mol. The van der Waals surface area contributed by atoms with Crippen LogP contribution in [0.25, 0.3) is 0 Å². The number of nitrogens with zero attached hydrogens (tertiary/aromatic N) is 1. The molecule has 2 amide bonds. The summed E-state index contributed by atoms with van der Waals surface area (Å²) >= 11 is 5.68. The van der Waals surface area contributed by atoms with Crippen LogP contribution in [0.15, 0.2) is 12.1 Å². The zero-order chi connectivity index (χ0) is 16.2. The molecular formula is C13H15ClF2N2O3. The Bertz CT molecular complexity index is 531. The van der Waals surface area contributed by atoms with E-state index in [2.05, 4.69) is 5.32 Å². The van der Waals surface area contributed by atoms with E-state index in [4.69, 9.17) is 16.7 Å². The molecular weight excluding hydrogens is 306 g/mol. The summed E-state index contributed by atoms with van der Waals surface area (Å²) in [5.41, 5.74) is -0.343. The van der Waals surface area contributed by atoms with E-state index in [1.165, 1.54) is 4.90 Å². The molecule has 1 aromatic carbocycles. The number of carboxylic acid groups (broad SMARTS) is 1. The number of carboxylic acids is 1. The third-order valence-electron chi connectivity index (χ3n) is 2.84. The number of hydrogen-bond donors (Lipinski definition) is 2. The Labute approximate surface area is 125 Å². The van der Waals surface area contributed by atoms with Crippen LogP contribution in [0, 0.1) is 11.6 Å². The van der Waals surface area contributed by atoms with Crippen molar-refractivity contribution in [1.82, 2.24) is 4.90 Å². The molecule has 0 radical (unpaired) electrons. The van der Waals surface area contributed by atoms with E-state index in [-0.39, 0.29) is 23.7 Å². The van der Waals surface area contributed by atoms with Gasteiger partial charge in [-0.3, -0.25) is 4.79 Å². The summed E-state index contributed by atoms with van der Waals surface area (Å²) in [4.78, 5) is 23.9. The number of anilines is 1. The van der Waals surface area contributed by atoms with Crippen LogP contribution in [0.4, 0.5) is 19.3 Å². The normalized spacial score (nSPS) is 11.9. The van der Waals surface area contributed by atoms with Gasteiger partial charge in [-0.2, -0.15) is 0 Å². The summed E-state index contributed by atoms with van der Waals surface area (Å²) < 4.78 is 26.5. The third kappa shape index (κ3) is 4.56. The first-order valence-corrected chi connectivity index (χ1v) is 6.58. The maximum absolute atomic E-state index is 13.6. The van der Waals surface area contributed by atoms with E-state index in [9.17, 15) is 18.4 Å². The molecule has 0 aliphatic carbocycles. The maximum atomic E-state index is 13.6. The number of rotatable bonds is 5. The van der Waals surface area contributed by atoms with Gasteiger partial charge in [0, 0.05) is 18.7 Å². The number of aliphatic carboxylic acids is 1. The molecule has 0 aromatic heterocycles. The van der Waals surface area contributed by atoms with Crippen molar-refractivity contribution < 1.29 is 23.5 Å². The van der Waals surface area contributed by atoms with Crippen molar-refractivity contribution in [1.29, 1.82) is 0 Å². The molecule has 21 heavy (non-hydrogen) atoms. The molecule has 0 spiro atoms. The number of amides is 2. The van der Waals surface area contributed by atoms with Crippen molar-refractivity contribution in [3.63, 3.8) is 0 Å². The highest BCUT2D eigenvalue weighted by Gasteiger charge is 2.22. The summed E-state index contributed by atoms with van der Waals surface area (Å²) in [6.45, 7) is 3.43. The van der Waals surface area contributed by atoms with Crippen LogP contribution in [0.5, 0.6) is 0 Å². The lowest BCUT2D eigenvalue weighted by Gasteiger charge is -2.27. The van der Waals surface area contributed by atoms with Gasteiger partial charge in [-0.25, -0.2) is 13.6 Å². The van der Waals surface area contributed by atoms with E-state index < -0.39 is 29.7 Å². The van der Waals surface area contributed by atoms with Gasteiger partial charge in [-0.15, -0.1) is 0 Å². The van der Waals surface area contributed by atoms with Gasteiger partial charge < -0.3 is 15.3 Å². The SMILES string of the molecule is CCN(C(=O)Nc1c(F)cc(F)cc1Cl)C(C)CC(=O)O. The minimum atomic E-state index is -1.06. The van der Waals surface area contributed by atoms with Crippen molar-refractivity contribution in [2.45, 2.75) is 26.3 Å². The minimum Gasteiger partial charge on any atom is -0.481 e. The molecule has 0 heterocycles. The van der Waals surface area contributed by atoms with Crippen LogP contribution in [0.2, 0.25) is 5.02 Å². The molecule has 0 saturated carbocycles. The van der Waals surface area contributed by atoms with E-state index >= 15 is 0 Å². The predicted molar refractivity (Wildman–Crippen MR) is 74.5 cm³/mol. The van der Waals surface area contributed by atoms with Crippen molar-refractivity contribution in [2.24, 2.45) is 0 Å². The fourth-order valence-electron chi connectivity index (χ4n) is 1.86. The van der Waals surface area contributed by atoms with Gasteiger partial charge in [0.1, 0.15) is 5.82 Å². The number of urea groups is 1. The molecule has 0 bridgehead atoms. The smallest absolute Gasteiger partial charge is 0.322 e. The number of benzene rings is 1. The molecule has 1 atom stereocenters. The highest BCUT2D eigenvalue weighted by atomic mass is 35.5. The van der Waals surface area contributed by atoms with E-state index in [0.717, 1.165) is 6.07 Å². The number of hydrogen-bond acceptors (Lipinski definition) is 2. The molecule has 5 nitrogen and oxygen atoms in total. The second-order valence-corrected chi connectivity index (χ2v) is 4.81. The Morgan fingerprint density at radius 3 is 2.52 bits per heavy atom. The van der Waals surface area contributed by atoms with Gasteiger partial charge in [-0.05, 0) is 19.9 Å². The molecule has 0 aliphatic rings. The van der Waals surface area contributed by atoms with Gasteiger partial charge in [0.05, 0.1) is 17.1 Å². The molecule has 0 fully saturated rings. The van der Waals surface area contributed by atoms with E-state index in [0.29, 0.717) is 6.07 Å². The standard InChI is InChI=1S/C13H15ClF2N2O3/c1-3-18(7(2)4-11(19)20)13(21)17-12-9(14)5-8(15)6-10(12)16/h5-7H,3-4H2,1-2H3,(H,17,21)(H,19,20). The molecule has 116 valence electrons. The number of halogens is 3. The Balaban J connectivity index is 2.91. The summed E-state index contributed by atoms with van der Waals surface area (Å²) in [6, 6.07) is 0.170. The highest BCUT2D eigenvalue weighted by molar-refractivity contribution is 6.33. The zero-order valence-electron chi connectivity index (χ0n) is 11.5. The average Bonchev–Trinajstić information content (AvgIpc) is 2.33. The largest absolute Gasteiger partial charge is 0.481 e. The van der Waals surface area contributed by atoms with E-state index in [1.54, 1.807) is 13.8 Å². The lowest BCUT2D eigenvalue weighted by Crippen LogP contribution is -2.42. The van der Waals surface area contributed by atoms with Gasteiger partial charge in [-0.1, -0.05) is 11.6 Å². The number of carbonyl (C=O) groups excluding carboxylic acids is 1. The monoisotopic (exact) mass is 320 g/mol. The van der Waals surface area contributed by atoms with Gasteiger partial charge in [0.15, 0.2) is 5.82 Å². The van der Waals surface area contributed by atoms with Crippen LogP contribution in [0.1, 0.15) is 20.3 Å².